The Balaban J connectivity index is 1.70. The summed E-state index contributed by atoms with van der Waals surface area (Å²) in [5.74, 6) is -0.797. The molecule has 3 heterocycles. The quantitative estimate of drug-likeness (QED) is 0.749. The summed E-state index contributed by atoms with van der Waals surface area (Å²) in [5.41, 5.74) is 4.02. The average Bonchev–Trinajstić information content (AvgIpc) is 2.95. The molecule has 1 aromatic carbocycles. The maximum Gasteiger partial charge on any atom is 0.417 e. The summed E-state index contributed by atoms with van der Waals surface area (Å²) in [6.45, 7) is 1.69. The summed E-state index contributed by atoms with van der Waals surface area (Å²) in [7, 11) is 2.05. The highest BCUT2D eigenvalue weighted by Crippen LogP contribution is 2.24. The lowest BCUT2D eigenvalue weighted by Crippen LogP contribution is -2.29. The van der Waals surface area contributed by atoms with Gasteiger partial charge in [-0.25, -0.2) is 4.79 Å². The smallest absolute Gasteiger partial charge is 0.406 e. The molecular weight excluding hydrogens is 308 g/mol. The minimum absolute atomic E-state index is 0.250. The number of aromatic nitrogens is 2. The van der Waals surface area contributed by atoms with Gasteiger partial charge in [-0.3, -0.25) is 14.8 Å². The number of anilines is 1. The van der Waals surface area contributed by atoms with Crippen LogP contribution in [0.2, 0.25) is 0 Å². The Morgan fingerprint density at radius 2 is 2.25 bits per heavy atom. The molecule has 0 saturated heterocycles. The Morgan fingerprint density at radius 1 is 1.38 bits per heavy atom. The molecule has 7 heteroatoms. The van der Waals surface area contributed by atoms with Crippen LogP contribution in [-0.4, -0.2) is 34.4 Å². The van der Waals surface area contributed by atoms with E-state index in [1.165, 1.54) is 0 Å². The van der Waals surface area contributed by atoms with Gasteiger partial charge in [-0.05, 0) is 36.7 Å². The van der Waals surface area contributed by atoms with E-state index in [0.717, 1.165) is 30.6 Å². The number of benzene rings is 1. The van der Waals surface area contributed by atoms with Gasteiger partial charge in [0.05, 0.1) is 16.8 Å². The lowest BCUT2D eigenvalue weighted by molar-refractivity contribution is 0.102. The summed E-state index contributed by atoms with van der Waals surface area (Å²) in [5, 5.41) is 2.83. The number of H-pyrrole nitrogens is 1. The van der Waals surface area contributed by atoms with Crippen LogP contribution in [0.1, 0.15) is 21.5 Å². The zero-order valence-corrected chi connectivity index (χ0v) is 13.1. The second kappa shape index (κ2) is 5.61. The number of oxazole rings is 1. The normalized spacial score (nSPS) is 14.5. The zero-order valence-electron chi connectivity index (χ0n) is 13.1. The number of rotatable bonds is 2. The first-order chi connectivity index (χ1) is 11.6. The van der Waals surface area contributed by atoms with Gasteiger partial charge in [0.25, 0.3) is 5.91 Å². The Bertz CT molecular complexity index is 989. The second-order valence-electron chi connectivity index (χ2n) is 5.96. The molecule has 2 aromatic heterocycles. The van der Waals surface area contributed by atoms with Gasteiger partial charge in [-0.15, -0.1) is 0 Å². The first kappa shape index (κ1) is 14.6. The molecule has 0 fully saturated rings. The van der Waals surface area contributed by atoms with Crippen LogP contribution in [0, 0.1) is 0 Å². The van der Waals surface area contributed by atoms with E-state index >= 15 is 0 Å². The third-order valence-electron chi connectivity index (χ3n) is 4.27. The molecule has 0 saturated carbocycles. The van der Waals surface area contributed by atoms with Crippen LogP contribution < -0.4 is 11.1 Å². The Labute approximate surface area is 137 Å². The van der Waals surface area contributed by atoms with Gasteiger partial charge in [-0.2, -0.15) is 0 Å². The average molecular weight is 324 g/mol. The van der Waals surface area contributed by atoms with Crippen molar-refractivity contribution >= 4 is 22.7 Å². The van der Waals surface area contributed by atoms with E-state index in [1.54, 1.807) is 24.4 Å². The van der Waals surface area contributed by atoms with Crippen LogP contribution in [0.4, 0.5) is 5.69 Å². The first-order valence-corrected chi connectivity index (χ1v) is 7.69. The van der Waals surface area contributed by atoms with Crippen molar-refractivity contribution in [2.24, 2.45) is 0 Å². The molecule has 0 aliphatic carbocycles. The number of pyridine rings is 1. The fraction of sp³-hybridized carbons (Fsp3) is 0.235. The third-order valence-corrected chi connectivity index (χ3v) is 4.27. The van der Waals surface area contributed by atoms with Crippen molar-refractivity contribution < 1.29 is 9.21 Å². The number of hydrogen-bond acceptors (Lipinski definition) is 5. The fourth-order valence-corrected chi connectivity index (χ4v) is 3.09. The standard InChI is InChI=1S/C17H16N4O3/c1-21-6-5-11-10(9-21)7-18-8-12(11)16(22)19-13-3-2-4-14-15(13)24-17(23)20-14/h2-4,7-8H,5-6,9H2,1H3,(H,19,22)(H,20,23). The van der Waals surface area contributed by atoms with Gasteiger partial charge in [0.1, 0.15) is 0 Å². The van der Waals surface area contributed by atoms with Crippen LogP contribution in [-0.2, 0) is 13.0 Å². The van der Waals surface area contributed by atoms with Gasteiger partial charge in [0.2, 0.25) is 0 Å². The molecule has 0 unspecified atom stereocenters. The van der Waals surface area contributed by atoms with Crippen LogP contribution in [0.5, 0.6) is 0 Å². The number of likely N-dealkylation sites (N-methyl/N-ethyl adjacent to an activating group) is 1. The van der Waals surface area contributed by atoms with Crippen LogP contribution in [0.25, 0.3) is 11.1 Å². The number of amides is 1. The van der Waals surface area contributed by atoms with Gasteiger partial charge >= 0.3 is 5.76 Å². The maximum absolute atomic E-state index is 12.7. The highest BCUT2D eigenvalue weighted by atomic mass is 16.4. The topological polar surface area (TPSA) is 91.2 Å². The minimum Gasteiger partial charge on any atom is -0.406 e. The van der Waals surface area contributed by atoms with E-state index in [4.69, 9.17) is 4.42 Å². The maximum atomic E-state index is 12.7. The van der Waals surface area contributed by atoms with Gasteiger partial charge in [0.15, 0.2) is 5.58 Å². The number of para-hydroxylation sites is 1. The molecule has 1 aliphatic rings. The lowest BCUT2D eigenvalue weighted by atomic mass is 9.97. The molecule has 2 N–H and O–H groups in total. The van der Waals surface area contributed by atoms with E-state index in [0.29, 0.717) is 22.4 Å². The van der Waals surface area contributed by atoms with E-state index in [9.17, 15) is 9.59 Å². The highest BCUT2D eigenvalue weighted by Gasteiger charge is 2.21. The first-order valence-electron chi connectivity index (χ1n) is 7.69. The Kier molecular flexibility index (Phi) is 3.42. The van der Waals surface area contributed by atoms with Crippen molar-refractivity contribution in [3.05, 3.63) is 57.8 Å². The summed E-state index contributed by atoms with van der Waals surface area (Å²) in [4.78, 5) is 33.1. The van der Waals surface area contributed by atoms with Crippen LogP contribution in [0.15, 0.2) is 39.8 Å². The van der Waals surface area contributed by atoms with Gasteiger partial charge in [-0.1, -0.05) is 6.07 Å². The number of nitrogens with one attached hydrogen (secondary N) is 2. The monoisotopic (exact) mass is 324 g/mol. The number of nitrogens with zero attached hydrogens (tertiary/aromatic N) is 2. The van der Waals surface area contributed by atoms with Crippen molar-refractivity contribution in [1.29, 1.82) is 0 Å². The molecule has 0 bridgehead atoms. The third kappa shape index (κ3) is 2.48. The van der Waals surface area contributed by atoms with Crippen molar-refractivity contribution in [1.82, 2.24) is 14.9 Å². The Hall–Kier alpha value is -2.93. The largest absolute Gasteiger partial charge is 0.417 e. The summed E-state index contributed by atoms with van der Waals surface area (Å²) in [6, 6.07) is 5.17. The van der Waals surface area contributed by atoms with Gasteiger partial charge in [0, 0.05) is 25.5 Å². The number of hydrogen-bond donors (Lipinski definition) is 2. The molecule has 0 radical (unpaired) electrons. The molecule has 4 rings (SSSR count). The van der Waals surface area contributed by atoms with Crippen molar-refractivity contribution in [3.8, 4) is 0 Å². The Morgan fingerprint density at radius 3 is 3.12 bits per heavy atom. The molecule has 1 aliphatic heterocycles. The predicted molar refractivity (Wildman–Crippen MR) is 89.1 cm³/mol. The molecule has 3 aromatic rings. The van der Waals surface area contributed by atoms with E-state index < -0.39 is 5.76 Å². The van der Waals surface area contributed by atoms with E-state index in [-0.39, 0.29) is 5.91 Å². The summed E-state index contributed by atoms with van der Waals surface area (Å²) >= 11 is 0. The minimum atomic E-state index is -0.548. The van der Waals surface area contributed by atoms with Gasteiger partial charge < -0.3 is 14.6 Å². The van der Waals surface area contributed by atoms with Crippen molar-refractivity contribution in [3.63, 3.8) is 0 Å². The SMILES string of the molecule is CN1CCc2c(cncc2C(=O)Nc2cccc3[nH]c(=O)oc23)C1. The summed E-state index contributed by atoms with van der Waals surface area (Å²) < 4.78 is 5.11. The van der Waals surface area contributed by atoms with Crippen molar-refractivity contribution in [2.45, 2.75) is 13.0 Å². The molecular formula is C17H16N4O3. The van der Waals surface area contributed by atoms with Crippen molar-refractivity contribution in [2.75, 3.05) is 18.9 Å². The predicted octanol–water partition coefficient (Wildman–Crippen LogP) is 1.76. The van der Waals surface area contributed by atoms with E-state index in [2.05, 4.69) is 20.2 Å². The number of fused-ring (bicyclic) bond motifs is 2. The molecule has 1 amide bonds. The number of aromatic amines is 1. The highest BCUT2D eigenvalue weighted by molar-refractivity contribution is 6.08. The molecule has 122 valence electrons. The summed E-state index contributed by atoms with van der Waals surface area (Å²) in [6.07, 6.45) is 4.21. The van der Waals surface area contributed by atoms with Crippen LogP contribution >= 0.6 is 0 Å². The molecule has 7 nitrogen and oxygen atoms in total. The van der Waals surface area contributed by atoms with E-state index in [1.807, 2.05) is 13.2 Å². The fourth-order valence-electron chi connectivity index (χ4n) is 3.09. The zero-order chi connectivity index (χ0) is 16.7. The molecule has 24 heavy (non-hydrogen) atoms. The molecule has 0 spiro atoms. The number of carbonyl (C=O) groups is 1. The lowest BCUT2D eigenvalue weighted by Gasteiger charge is -2.25. The van der Waals surface area contributed by atoms with Crippen LogP contribution in [0.3, 0.4) is 0 Å². The second-order valence-corrected chi connectivity index (χ2v) is 5.96. The molecule has 0 atom stereocenters. The number of carbonyl (C=O) groups excluding carboxylic acids is 1.